The smallest absolute Gasteiger partial charge is 0.267 e. The third kappa shape index (κ3) is 6.83. The van der Waals surface area contributed by atoms with Crippen LogP contribution in [0.15, 0.2) is 78.9 Å². The molecular formula is C31H29ClN6O6S2. The number of nitrogens with zero attached hydrogens (tertiary/aromatic N) is 3. The van der Waals surface area contributed by atoms with Gasteiger partial charge in [0.05, 0.1) is 29.2 Å². The Hall–Kier alpha value is -4.92. The molecule has 0 atom stereocenters. The lowest BCUT2D eigenvalue weighted by atomic mass is 10.0. The normalized spacial score (nSPS) is 11.2. The van der Waals surface area contributed by atoms with Crippen LogP contribution in [0, 0.1) is 34.6 Å². The molecule has 0 fully saturated rings. The first-order valence-electron chi connectivity index (χ1n) is 13.7. The molecule has 4 aromatic heterocycles. The van der Waals surface area contributed by atoms with Gasteiger partial charge in [-0.2, -0.15) is 0 Å². The highest BCUT2D eigenvalue weighted by Crippen LogP contribution is 2.34. The van der Waals surface area contributed by atoms with E-state index in [-0.39, 0.29) is 20.7 Å². The molecule has 4 N–H and O–H groups in total. The second kappa shape index (κ2) is 13.2. The SMILES string of the molecule is Cc1cc(C)c(N)c(-c2ncco2)c1.Cc1cc(C)c(NC(=O)c2sccc2S(=O)(=O)Nc2onc(C)c2Cl)c(-c2ncco2)c1. The van der Waals surface area contributed by atoms with E-state index in [9.17, 15) is 13.2 Å². The summed E-state index contributed by atoms with van der Waals surface area (Å²) in [4.78, 5) is 21.1. The minimum Gasteiger partial charge on any atom is -0.444 e. The lowest BCUT2D eigenvalue weighted by Gasteiger charge is -2.14. The highest BCUT2D eigenvalue weighted by Gasteiger charge is 2.28. The molecule has 0 saturated carbocycles. The quantitative estimate of drug-likeness (QED) is 0.142. The second-order valence-corrected chi connectivity index (χ2v) is 13.3. The molecule has 6 aromatic rings. The first-order chi connectivity index (χ1) is 21.9. The van der Waals surface area contributed by atoms with Crippen LogP contribution in [0.3, 0.4) is 0 Å². The lowest BCUT2D eigenvalue weighted by Crippen LogP contribution is -2.19. The Morgan fingerprint density at radius 2 is 1.52 bits per heavy atom. The van der Waals surface area contributed by atoms with Crippen LogP contribution in [-0.4, -0.2) is 29.4 Å². The van der Waals surface area contributed by atoms with Crippen molar-refractivity contribution in [2.24, 2.45) is 0 Å². The van der Waals surface area contributed by atoms with Gasteiger partial charge in [-0.3, -0.25) is 4.79 Å². The molecule has 46 heavy (non-hydrogen) atoms. The fourth-order valence-corrected chi connectivity index (χ4v) is 7.11. The number of nitrogens with two attached hydrogens (primary N) is 1. The maximum atomic E-state index is 13.1. The van der Waals surface area contributed by atoms with Gasteiger partial charge >= 0.3 is 0 Å². The summed E-state index contributed by atoms with van der Waals surface area (Å²) in [7, 11) is -4.17. The molecule has 12 nitrogen and oxygen atoms in total. The molecule has 0 spiro atoms. The summed E-state index contributed by atoms with van der Waals surface area (Å²) in [6, 6.07) is 9.08. The van der Waals surface area contributed by atoms with Crippen molar-refractivity contribution in [3.8, 4) is 22.9 Å². The van der Waals surface area contributed by atoms with Crippen molar-refractivity contribution in [3.05, 3.63) is 98.5 Å². The van der Waals surface area contributed by atoms with E-state index in [1.54, 1.807) is 19.4 Å². The molecule has 0 aliphatic heterocycles. The number of hydrogen-bond acceptors (Lipinski definition) is 11. The molecule has 4 heterocycles. The number of aryl methyl sites for hydroxylation is 5. The number of anilines is 3. The van der Waals surface area contributed by atoms with Crippen molar-refractivity contribution in [3.63, 3.8) is 0 Å². The summed E-state index contributed by atoms with van der Waals surface area (Å²) < 4.78 is 43.6. The Morgan fingerprint density at radius 1 is 0.913 bits per heavy atom. The summed E-state index contributed by atoms with van der Waals surface area (Å²) in [6.45, 7) is 9.32. The van der Waals surface area contributed by atoms with E-state index in [0.29, 0.717) is 28.7 Å². The molecule has 0 saturated heterocycles. The van der Waals surface area contributed by atoms with Gasteiger partial charge in [-0.1, -0.05) is 28.9 Å². The summed E-state index contributed by atoms with van der Waals surface area (Å²) in [5, 5.41) is 7.98. The van der Waals surface area contributed by atoms with Gasteiger partial charge in [0.15, 0.2) is 0 Å². The third-order valence-corrected chi connectivity index (χ3v) is 9.58. The lowest BCUT2D eigenvalue weighted by molar-refractivity contribution is 0.102. The number of carbonyl (C=O) groups is 1. The van der Waals surface area contributed by atoms with Gasteiger partial charge in [0.1, 0.15) is 33.0 Å². The number of sulfonamides is 1. The third-order valence-electron chi connectivity index (χ3n) is 6.72. The monoisotopic (exact) mass is 680 g/mol. The van der Waals surface area contributed by atoms with E-state index in [4.69, 9.17) is 30.7 Å². The number of oxazole rings is 2. The van der Waals surface area contributed by atoms with E-state index in [0.717, 1.165) is 44.8 Å². The predicted octanol–water partition coefficient (Wildman–Crippen LogP) is 7.56. The number of amides is 1. The summed E-state index contributed by atoms with van der Waals surface area (Å²) in [6.07, 6.45) is 6.11. The first kappa shape index (κ1) is 32.5. The van der Waals surface area contributed by atoms with E-state index >= 15 is 0 Å². The molecule has 1 amide bonds. The van der Waals surface area contributed by atoms with E-state index in [1.807, 2.05) is 52.0 Å². The first-order valence-corrected chi connectivity index (χ1v) is 16.4. The van der Waals surface area contributed by atoms with Gasteiger partial charge in [0.2, 0.25) is 11.8 Å². The molecule has 0 unspecified atom stereocenters. The van der Waals surface area contributed by atoms with Crippen LogP contribution in [0.5, 0.6) is 0 Å². The van der Waals surface area contributed by atoms with Crippen molar-refractivity contribution in [1.29, 1.82) is 0 Å². The van der Waals surface area contributed by atoms with Crippen LogP contribution in [0.2, 0.25) is 5.02 Å². The van der Waals surface area contributed by atoms with Gasteiger partial charge in [-0.05, 0) is 80.5 Å². The summed E-state index contributed by atoms with van der Waals surface area (Å²) >= 11 is 6.99. The van der Waals surface area contributed by atoms with Crippen LogP contribution < -0.4 is 15.8 Å². The van der Waals surface area contributed by atoms with Crippen molar-refractivity contribution in [1.82, 2.24) is 15.1 Å². The maximum absolute atomic E-state index is 13.1. The number of halogens is 1. The average molecular weight is 681 g/mol. The Labute approximate surface area is 273 Å². The molecule has 2 aromatic carbocycles. The van der Waals surface area contributed by atoms with Crippen LogP contribution in [-0.2, 0) is 10.0 Å². The topological polar surface area (TPSA) is 179 Å². The number of nitrogen functional groups attached to an aromatic ring is 1. The molecule has 15 heteroatoms. The molecule has 0 aliphatic carbocycles. The van der Waals surface area contributed by atoms with E-state index < -0.39 is 15.9 Å². The van der Waals surface area contributed by atoms with Crippen molar-refractivity contribution >= 4 is 56.1 Å². The van der Waals surface area contributed by atoms with Gasteiger partial charge in [0.25, 0.3) is 21.8 Å². The highest BCUT2D eigenvalue weighted by atomic mass is 35.5. The van der Waals surface area contributed by atoms with Crippen molar-refractivity contribution in [2.75, 3.05) is 15.8 Å². The number of benzene rings is 2. The molecule has 0 bridgehead atoms. The standard InChI is InChI=1S/C20H17ClN4O5S2.C11H12N2O/c1-10-8-11(2)16(13(9-10)19-22-5-6-29-19)23-18(26)17-14(4-7-31-17)32(27,28)25-20-15(21)12(3)24-30-20;1-7-5-8(2)10(12)9(6-7)11-13-3-4-14-11/h4-9,25H,1-3H3,(H,23,26);3-6H,12H2,1-2H3. The van der Waals surface area contributed by atoms with Gasteiger partial charge in [-0.25, -0.2) is 23.1 Å². The van der Waals surface area contributed by atoms with Crippen LogP contribution >= 0.6 is 22.9 Å². The minimum atomic E-state index is -4.17. The largest absolute Gasteiger partial charge is 0.444 e. The fraction of sp³-hybridized carbons (Fsp3) is 0.161. The Balaban J connectivity index is 0.000000247. The maximum Gasteiger partial charge on any atom is 0.267 e. The molecule has 6 rings (SSSR count). The van der Waals surface area contributed by atoms with Crippen molar-refractivity contribution in [2.45, 2.75) is 39.5 Å². The van der Waals surface area contributed by atoms with E-state index in [1.165, 1.54) is 23.9 Å². The number of hydrogen-bond donors (Lipinski definition) is 3. The Kier molecular flexibility index (Phi) is 9.32. The minimum absolute atomic E-state index is 0.0109. The van der Waals surface area contributed by atoms with Crippen molar-refractivity contribution < 1.29 is 26.6 Å². The second-order valence-electron chi connectivity index (χ2n) is 10.3. The molecule has 0 radical (unpaired) electrons. The Bertz CT molecular complexity index is 2120. The van der Waals surface area contributed by atoms with Gasteiger partial charge in [-0.15, -0.1) is 11.3 Å². The van der Waals surface area contributed by atoms with E-state index in [2.05, 4.69) is 25.2 Å². The van der Waals surface area contributed by atoms with Gasteiger partial charge in [0, 0.05) is 5.69 Å². The van der Waals surface area contributed by atoms with Crippen LogP contribution in [0.25, 0.3) is 22.9 Å². The predicted molar refractivity (Wildman–Crippen MR) is 177 cm³/mol. The van der Waals surface area contributed by atoms with Crippen LogP contribution in [0.4, 0.5) is 17.3 Å². The molecule has 238 valence electrons. The number of thiophene rings is 1. The number of aromatic nitrogens is 3. The summed E-state index contributed by atoms with van der Waals surface area (Å²) in [5.74, 6) is 0.0969. The average Bonchev–Trinajstić information content (AvgIpc) is 3.83. The fourth-order valence-electron chi connectivity index (χ4n) is 4.61. The Morgan fingerprint density at radius 3 is 2.11 bits per heavy atom. The van der Waals surface area contributed by atoms with Crippen LogP contribution in [0.1, 0.15) is 37.6 Å². The number of rotatable bonds is 7. The highest BCUT2D eigenvalue weighted by molar-refractivity contribution is 7.93. The number of carbonyl (C=O) groups excluding carboxylic acids is 1. The molecule has 0 aliphatic rings. The zero-order chi connectivity index (χ0) is 33.2. The zero-order valence-electron chi connectivity index (χ0n) is 25.3. The number of nitrogens with one attached hydrogen (secondary N) is 2. The van der Waals surface area contributed by atoms with Gasteiger partial charge < -0.3 is 24.4 Å². The summed E-state index contributed by atoms with van der Waals surface area (Å²) in [5.41, 5.74) is 12.9. The molecular weight excluding hydrogens is 652 g/mol. The zero-order valence-corrected chi connectivity index (χ0v) is 27.7.